The Morgan fingerprint density at radius 2 is 1.45 bits per heavy atom. The lowest BCUT2D eigenvalue weighted by atomic mass is 9.86. The third kappa shape index (κ3) is 23.9. The standard InChI is InChI=1S/C78H109N13O20/c1-8-11-12-26-80-67(93)25-32-103-35-37-105-39-40-106-38-36-104-33-28-82-75(99)109-46-59-55-20-23-63-64(24-21-56(55)59)91(87-86-63)31-34-107-48-68(94)85-69(49(4)5)66(92)41-51(14-13-27-81-74(79)98)71(95)83-52-17-15-50(16-18-52)45-110-76(100)88(6)29-30-89(7)77(101)111-53-19-22-62-57(42-53)54(9-2)58-44-90-65(70(58)84-62)43-61-60(72(90)96)47-108-73(97)78(61,102)10-3/h15-19,22,42-43,49,51,55-56,59,69,102H,8-14,20-21,23-41,44-48H2,1-7H3,(H,80,93)(H,82,99)(H,83,95)(H,85,94)(H3,79,81,98)/t51-,55-,56+,59?,69+,78+/m1/s1. The molecule has 33 heteroatoms. The Bertz CT molecular complexity index is 4090. The second kappa shape index (κ2) is 42.1. The van der Waals surface area contributed by atoms with E-state index in [0.29, 0.717) is 138 Å². The molecule has 1 unspecified atom stereocenters. The van der Waals surface area contributed by atoms with Crippen LogP contribution in [0.2, 0.25) is 0 Å². The van der Waals surface area contributed by atoms with Gasteiger partial charge in [0.25, 0.3) is 5.56 Å². The van der Waals surface area contributed by atoms with Crippen molar-refractivity contribution in [3.8, 4) is 17.1 Å². The summed E-state index contributed by atoms with van der Waals surface area (Å²) < 4.78 is 53.4. The van der Waals surface area contributed by atoms with E-state index in [0.717, 1.165) is 72.8 Å². The van der Waals surface area contributed by atoms with E-state index in [1.54, 1.807) is 78.6 Å². The van der Waals surface area contributed by atoms with Crippen molar-refractivity contribution in [3.63, 3.8) is 0 Å². The number of likely N-dealkylation sites (N-methyl/N-ethyl adjacent to an activating group) is 2. The van der Waals surface area contributed by atoms with E-state index in [1.807, 2.05) is 6.92 Å². The van der Waals surface area contributed by atoms with Gasteiger partial charge in [0.1, 0.15) is 25.6 Å². The highest BCUT2D eigenvalue weighted by molar-refractivity contribution is 5.98. The van der Waals surface area contributed by atoms with E-state index < -0.39 is 59.7 Å². The third-order valence-corrected chi connectivity index (χ3v) is 20.6. The number of esters is 1. The Morgan fingerprint density at radius 3 is 2.14 bits per heavy atom. The smallest absolute Gasteiger partial charge is 0.415 e. The van der Waals surface area contributed by atoms with Crippen molar-refractivity contribution in [2.24, 2.45) is 35.3 Å². The number of carbonyl (C=O) groups excluding carboxylic acids is 9. The Balaban J connectivity index is 0.639. The number of ketones is 1. The number of urea groups is 1. The van der Waals surface area contributed by atoms with Gasteiger partial charge >= 0.3 is 30.3 Å². The molecule has 111 heavy (non-hydrogen) atoms. The second-order valence-electron chi connectivity index (χ2n) is 28.7. The largest absolute Gasteiger partial charge is 0.458 e. The number of anilines is 1. The minimum absolute atomic E-state index is 0.00301. The van der Waals surface area contributed by atoms with E-state index in [-0.39, 0.29) is 118 Å². The summed E-state index contributed by atoms with van der Waals surface area (Å²) in [6.07, 6.45) is 5.80. The average Bonchev–Trinajstić information content (AvgIpc) is 1.62. The first-order chi connectivity index (χ1) is 53.5. The van der Waals surface area contributed by atoms with Crippen LogP contribution in [0.4, 0.5) is 24.9 Å². The fraction of sp³-hybridized carbons (Fsp3) is 0.603. The summed E-state index contributed by atoms with van der Waals surface area (Å²) in [6.45, 7) is 14.0. The van der Waals surface area contributed by atoms with Crippen LogP contribution in [0.15, 0.2) is 53.3 Å². The van der Waals surface area contributed by atoms with E-state index in [1.165, 1.54) is 23.9 Å². The van der Waals surface area contributed by atoms with E-state index in [2.05, 4.69) is 43.8 Å². The highest BCUT2D eigenvalue weighted by Gasteiger charge is 2.51. The first kappa shape index (κ1) is 85.3. The van der Waals surface area contributed by atoms with Gasteiger partial charge in [-0.1, -0.05) is 64.8 Å². The Labute approximate surface area is 645 Å². The number of nitrogens with zero attached hydrogens (tertiary/aromatic N) is 7. The Hall–Kier alpha value is -9.67. The molecule has 0 bridgehead atoms. The molecule has 4 aliphatic rings. The molecular weight excluding hydrogens is 1440 g/mol. The lowest BCUT2D eigenvalue weighted by Crippen LogP contribution is -2.47. The lowest BCUT2D eigenvalue weighted by Gasteiger charge is -2.31. The van der Waals surface area contributed by atoms with Gasteiger partial charge in [-0.2, -0.15) is 0 Å². The second-order valence-corrected chi connectivity index (χ2v) is 28.7. The van der Waals surface area contributed by atoms with E-state index in [4.69, 9.17) is 53.3 Å². The van der Waals surface area contributed by atoms with Gasteiger partial charge in [0.2, 0.25) is 17.7 Å². The van der Waals surface area contributed by atoms with Crippen molar-refractivity contribution in [2.45, 2.75) is 156 Å². The van der Waals surface area contributed by atoms with Gasteiger partial charge in [-0.05, 0) is 129 Å². The zero-order valence-electron chi connectivity index (χ0n) is 64.8. The number of hydrogen-bond acceptors (Lipinski definition) is 23. The fourth-order valence-electron chi connectivity index (χ4n) is 14.2. The van der Waals surface area contributed by atoms with Crippen LogP contribution in [0.25, 0.3) is 22.3 Å². The van der Waals surface area contributed by atoms with Gasteiger partial charge in [0.15, 0.2) is 11.4 Å². The molecule has 1 fully saturated rings. The topological polar surface area (TPSA) is 415 Å². The van der Waals surface area contributed by atoms with Gasteiger partial charge in [0, 0.05) is 87.8 Å². The number of amides is 8. The molecule has 3 aromatic heterocycles. The van der Waals surface area contributed by atoms with E-state index in [9.17, 15) is 53.1 Å². The molecule has 8 amide bonds. The first-order valence-electron chi connectivity index (χ1n) is 38.7. The predicted octanol–water partition coefficient (Wildman–Crippen LogP) is 5.98. The van der Waals surface area contributed by atoms with Crippen molar-refractivity contribution in [3.05, 3.63) is 98.1 Å². The molecule has 5 heterocycles. The quantitative estimate of drug-likeness (QED) is 0.0131. The normalized spacial score (nSPS) is 17.1. The number of aryl methyl sites for hydroxylation is 2. The van der Waals surface area contributed by atoms with Crippen LogP contribution in [0, 0.1) is 29.6 Å². The summed E-state index contributed by atoms with van der Waals surface area (Å²) in [7, 11) is 3.06. The van der Waals surface area contributed by atoms with Gasteiger partial charge in [-0.3, -0.25) is 24.0 Å². The number of unbranched alkanes of at least 4 members (excludes halogenated alkanes) is 2. The number of aromatic nitrogens is 5. The van der Waals surface area contributed by atoms with Gasteiger partial charge in [-0.15, -0.1) is 5.10 Å². The first-order valence-corrected chi connectivity index (χ1v) is 38.7. The van der Waals surface area contributed by atoms with Crippen molar-refractivity contribution in [1.82, 2.24) is 55.6 Å². The van der Waals surface area contributed by atoms with Crippen LogP contribution in [0.3, 0.4) is 0 Å². The molecule has 0 spiro atoms. The molecular formula is C78H109N13O20. The molecule has 2 aromatic carbocycles. The van der Waals surface area contributed by atoms with Gasteiger partial charge in [-0.25, -0.2) is 33.6 Å². The maximum atomic E-state index is 14.0. The minimum Gasteiger partial charge on any atom is -0.458 e. The highest BCUT2D eigenvalue weighted by atomic mass is 16.6. The number of ether oxygens (including phenoxy) is 9. The maximum Gasteiger partial charge on any atom is 0.415 e. The van der Waals surface area contributed by atoms with Crippen molar-refractivity contribution >= 4 is 70.4 Å². The predicted molar refractivity (Wildman–Crippen MR) is 405 cm³/mol. The number of benzene rings is 2. The number of fused-ring (bicyclic) bond motifs is 7. The maximum absolute atomic E-state index is 14.0. The fourth-order valence-corrected chi connectivity index (χ4v) is 14.2. The minimum atomic E-state index is -1.96. The number of nitrogens with one attached hydrogen (secondary N) is 5. The summed E-state index contributed by atoms with van der Waals surface area (Å²) in [4.78, 5) is 138. The number of alkyl carbamates (subject to hydrolysis) is 1. The van der Waals surface area contributed by atoms with Crippen molar-refractivity contribution in [2.75, 3.05) is 125 Å². The number of aliphatic hydroxyl groups is 1. The highest BCUT2D eigenvalue weighted by Crippen LogP contribution is 2.53. The van der Waals surface area contributed by atoms with Gasteiger partial charge < -0.3 is 94.4 Å². The number of rotatable bonds is 45. The number of Topliss-reactive ketones (excluding diaryl/α,β-unsaturated/α-hetero) is 1. The number of carbonyl (C=O) groups is 9. The van der Waals surface area contributed by atoms with Crippen molar-refractivity contribution < 1.29 is 90.9 Å². The molecule has 6 atom stereocenters. The zero-order valence-corrected chi connectivity index (χ0v) is 64.8. The van der Waals surface area contributed by atoms with Crippen LogP contribution < -0.4 is 42.6 Å². The summed E-state index contributed by atoms with van der Waals surface area (Å²) in [6, 6.07) is 11.6. The molecule has 33 nitrogen and oxygen atoms in total. The van der Waals surface area contributed by atoms with Crippen LogP contribution >= 0.6 is 0 Å². The molecule has 1 saturated carbocycles. The SMILES string of the molecule is CCCCCNC(=O)CCOCCOCCOCCOCCNC(=O)OCC1[C@H]2CCc3c(nnn3CCOCC(=O)N[C@H](C(=O)C[C@@H](CCCNC(N)=O)C(=O)Nc3ccc(COC(=O)N(C)CCN(C)C(=O)Oc4ccc5nc6c(c(CC)c5c4)Cn4c-6cc5c(c4=O)COC(=O)[C@]5(O)CC)cc3)C(C)C)CC[C@@H]12. The molecule has 2 aliphatic heterocycles. The molecule has 8 N–H and O–H groups in total. The molecule has 2 aliphatic carbocycles. The molecule has 9 rings (SSSR count). The Morgan fingerprint density at radius 1 is 0.757 bits per heavy atom. The van der Waals surface area contributed by atoms with Crippen LogP contribution in [-0.4, -0.2) is 219 Å². The summed E-state index contributed by atoms with van der Waals surface area (Å²) >= 11 is 0. The molecule has 0 saturated heterocycles. The Kier molecular flexibility index (Phi) is 32.4. The van der Waals surface area contributed by atoms with E-state index >= 15 is 0 Å². The van der Waals surface area contributed by atoms with Crippen molar-refractivity contribution in [1.29, 1.82) is 0 Å². The average molecular weight is 1550 g/mol. The number of primary amides is 1. The monoisotopic (exact) mass is 1550 g/mol. The summed E-state index contributed by atoms with van der Waals surface area (Å²) in [5.74, 6) is -2.05. The number of cyclic esters (lactones) is 1. The van der Waals surface area contributed by atoms with Crippen LogP contribution in [0.5, 0.6) is 5.75 Å². The zero-order chi connectivity index (χ0) is 79.6. The number of pyridine rings is 2. The molecule has 606 valence electrons. The number of hydrogen-bond donors (Lipinski definition) is 7. The third-order valence-electron chi connectivity index (χ3n) is 20.6. The molecule has 5 aromatic rings. The molecule has 0 radical (unpaired) electrons. The number of nitrogens with two attached hydrogens (primary N) is 1. The van der Waals surface area contributed by atoms with Gasteiger partial charge in [0.05, 0.1) is 119 Å². The lowest BCUT2D eigenvalue weighted by molar-refractivity contribution is -0.172. The summed E-state index contributed by atoms with van der Waals surface area (Å²) in [5.41, 5.74) is 9.67. The summed E-state index contributed by atoms with van der Waals surface area (Å²) in [5, 5.41) is 34.7. The van der Waals surface area contributed by atoms with Crippen LogP contribution in [-0.2, 0) is 113 Å². The van der Waals surface area contributed by atoms with Crippen LogP contribution in [0.1, 0.15) is 138 Å².